The van der Waals surface area contributed by atoms with Gasteiger partial charge < -0.3 is 47.7 Å². The molecule has 0 radical (unpaired) electrons. The van der Waals surface area contributed by atoms with Gasteiger partial charge in [0.05, 0.1) is 47.2 Å². The molecule has 3 aliphatic heterocycles. The zero-order chi connectivity index (χ0) is 32.0. The summed E-state index contributed by atoms with van der Waals surface area (Å²) in [6.45, 7) is 0.371. The minimum Gasteiger partial charge on any atom is -0.502 e. The van der Waals surface area contributed by atoms with Crippen molar-refractivity contribution in [2.75, 3.05) is 55.9 Å². The molecule has 0 bridgehead atoms. The Morgan fingerprint density at radius 3 is 2.24 bits per heavy atom. The number of phenolic OH excluding ortho intramolecular Hbond substituents is 1. The molecule has 0 spiro atoms. The number of aromatic hydroxyl groups is 1. The molecule has 238 valence electrons. The number of carbonyl (C=O) groups is 2. The molecule has 3 aromatic rings. The van der Waals surface area contributed by atoms with E-state index in [1.807, 2.05) is 7.05 Å². The summed E-state index contributed by atoms with van der Waals surface area (Å²) < 4.78 is 50.9. The maximum atomic E-state index is 13.3. The summed E-state index contributed by atoms with van der Waals surface area (Å²) in [5.41, 5.74) is 3.24. The van der Waals surface area contributed by atoms with Gasteiger partial charge in [0, 0.05) is 23.2 Å². The van der Waals surface area contributed by atoms with Gasteiger partial charge >= 0.3 is 11.9 Å². The highest BCUT2D eigenvalue weighted by molar-refractivity contribution is 5.98. The van der Waals surface area contributed by atoms with Gasteiger partial charge in [-0.2, -0.15) is 0 Å². The standard InChI is InChI=1S/C32H33NO12/c1-33-10-9-16-18(13-42-31(35)15-11-20(38-3)25(34)21(12-15)39-4)27-30(44-14-43-27)29(41-6)22(16)24(33)26-17-7-8-19(37-2)28(40-5)23(17)32(36)45-26/h7-8,11-12,24,26,34H,9-10,13-14H2,1-6H3/t24-,26?/m1/s1. The molecule has 2 atom stereocenters. The van der Waals surface area contributed by atoms with Gasteiger partial charge in [-0.15, -0.1) is 0 Å². The van der Waals surface area contributed by atoms with E-state index in [0.717, 1.165) is 11.1 Å². The Labute approximate surface area is 259 Å². The third-order valence-corrected chi connectivity index (χ3v) is 8.39. The molecule has 6 rings (SSSR count). The number of cyclic esters (lactones) is 1. The number of carbonyl (C=O) groups excluding carboxylic acids is 2. The summed E-state index contributed by atoms with van der Waals surface area (Å²) >= 11 is 0. The van der Waals surface area contributed by atoms with Crippen LogP contribution in [0.5, 0.6) is 46.0 Å². The summed E-state index contributed by atoms with van der Waals surface area (Å²) in [6, 6.07) is 5.78. The molecule has 0 amide bonds. The van der Waals surface area contributed by atoms with E-state index >= 15 is 0 Å². The second kappa shape index (κ2) is 11.8. The van der Waals surface area contributed by atoms with Crippen molar-refractivity contribution in [1.82, 2.24) is 4.90 Å². The van der Waals surface area contributed by atoms with E-state index in [-0.39, 0.29) is 36.2 Å². The lowest BCUT2D eigenvalue weighted by Gasteiger charge is -2.39. The number of hydrogen-bond acceptors (Lipinski definition) is 13. The van der Waals surface area contributed by atoms with Crippen LogP contribution in [0.25, 0.3) is 0 Å². The molecule has 13 heteroatoms. The maximum Gasteiger partial charge on any atom is 0.343 e. The SMILES string of the molecule is COc1cc(C(=O)OCc2c3c(c(OC)c4c2OCO4)[C@H](C2OC(=O)c4c2ccc(OC)c4OC)N(C)CC3)cc(OC)c1O. The number of methoxy groups -OCH3 is 5. The number of fused-ring (bicyclic) bond motifs is 3. The van der Waals surface area contributed by atoms with Gasteiger partial charge in [-0.25, -0.2) is 9.59 Å². The Kier molecular flexibility index (Phi) is 7.87. The number of nitrogens with zero attached hydrogens (tertiary/aromatic N) is 1. The summed E-state index contributed by atoms with van der Waals surface area (Å²) in [5.74, 6) is 0.637. The highest BCUT2D eigenvalue weighted by Gasteiger charge is 2.47. The van der Waals surface area contributed by atoms with Gasteiger partial charge in [0.1, 0.15) is 18.3 Å². The van der Waals surface area contributed by atoms with Gasteiger partial charge in [-0.05, 0) is 37.2 Å². The first kappa shape index (κ1) is 30.0. The molecule has 1 unspecified atom stereocenters. The maximum absolute atomic E-state index is 13.3. The van der Waals surface area contributed by atoms with E-state index in [9.17, 15) is 14.7 Å². The van der Waals surface area contributed by atoms with E-state index in [1.54, 1.807) is 12.1 Å². The van der Waals surface area contributed by atoms with Crippen LogP contribution >= 0.6 is 0 Å². The predicted molar refractivity (Wildman–Crippen MR) is 156 cm³/mol. The van der Waals surface area contributed by atoms with Gasteiger partial charge in [0.15, 0.2) is 34.5 Å². The highest BCUT2D eigenvalue weighted by Crippen LogP contribution is 2.57. The number of ether oxygens (including phenoxy) is 9. The molecule has 0 saturated heterocycles. The fourth-order valence-electron chi connectivity index (χ4n) is 6.31. The van der Waals surface area contributed by atoms with Crippen LogP contribution in [-0.4, -0.2) is 77.9 Å². The van der Waals surface area contributed by atoms with Gasteiger partial charge in [0.2, 0.25) is 18.3 Å². The Bertz CT molecular complexity index is 1660. The summed E-state index contributed by atoms with van der Waals surface area (Å²) in [6.07, 6.45) is -0.166. The summed E-state index contributed by atoms with van der Waals surface area (Å²) in [7, 11) is 9.19. The largest absolute Gasteiger partial charge is 0.502 e. The molecule has 1 N–H and O–H groups in total. The monoisotopic (exact) mass is 623 g/mol. The molecule has 0 aromatic heterocycles. The summed E-state index contributed by atoms with van der Waals surface area (Å²) in [4.78, 5) is 28.6. The molecule has 45 heavy (non-hydrogen) atoms. The van der Waals surface area contributed by atoms with Crippen LogP contribution in [0.1, 0.15) is 55.1 Å². The molecular weight excluding hydrogens is 590 g/mol. The quantitative estimate of drug-likeness (QED) is 0.344. The molecule has 0 fully saturated rings. The van der Waals surface area contributed by atoms with Crippen molar-refractivity contribution in [2.24, 2.45) is 0 Å². The Hall–Kier alpha value is -5.04. The van der Waals surface area contributed by atoms with Crippen molar-refractivity contribution in [3.63, 3.8) is 0 Å². The van der Waals surface area contributed by atoms with Crippen molar-refractivity contribution < 1.29 is 57.3 Å². The average molecular weight is 624 g/mol. The smallest absolute Gasteiger partial charge is 0.343 e. The van der Waals surface area contributed by atoms with E-state index in [0.29, 0.717) is 58.4 Å². The second-order valence-electron chi connectivity index (χ2n) is 10.5. The molecular formula is C32H33NO12. The van der Waals surface area contributed by atoms with Gasteiger partial charge in [-0.3, -0.25) is 4.90 Å². The lowest BCUT2D eigenvalue weighted by molar-refractivity contribution is 0.00846. The number of esters is 2. The van der Waals surface area contributed by atoms with Crippen LogP contribution in [0, 0.1) is 0 Å². The third kappa shape index (κ3) is 4.74. The second-order valence-corrected chi connectivity index (χ2v) is 10.5. The van der Waals surface area contributed by atoms with Crippen LogP contribution in [-0.2, 0) is 22.5 Å². The predicted octanol–water partition coefficient (Wildman–Crippen LogP) is 3.96. The number of likely N-dealkylation sites (N-methyl/N-ethyl adjacent to an activating group) is 1. The van der Waals surface area contributed by atoms with Crippen LogP contribution in [0.4, 0.5) is 0 Å². The van der Waals surface area contributed by atoms with Gasteiger partial charge in [0.25, 0.3) is 0 Å². The average Bonchev–Trinajstić information content (AvgIpc) is 3.67. The fraction of sp³-hybridized carbons (Fsp3) is 0.375. The van der Waals surface area contributed by atoms with E-state index in [1.165, 1.54) is 47.7 Å². The highest BCUT2D eigenvalue weighted by atomic mass is 16.7. The lowest BCUT2D eigenvalue weighted by Crippen LogP contribution is -2.37. The Morgan fingerprint density at radius 1 is 0.933 bits per heavy atom. The van der Waals surface area contributed by atoms with Crippen molar-refractivity contribution >= 4 is 11.9 Å². The Balaban J connectivity index is 1.43. The Morgan fingerprint density at radius 2 is 1.60 bits per heavy atom. The summed E-state index contributed by atoms with van der Waals surface area (Å²) in [5, 5.41) is 10.3. The molecule has 0 aliphatic carbocycles. The zero-order valence-electron chi connectivity index (χ0n) is 25.7. The molecule has 3 heterocycles. The lowest BCUT2D eigenvalue weighted by atomic mass is 9.83. The minimum absolute atomic E-state index is 0.0549. The van der Waals surface area contributed by atoms with Gasteiger partial charge in [-0.1, -0.05) is 6.07 Å². The molecule has 3 aliphatic rings. The first-order chi connectivity index (χ1) is 21.8. The first-order valence-electron chi connectivity index (χ1n) is 14.1. The van der Waals surface area contributed by atoms with E-state index < -0.39 is 24.1 Å². The number of benzene rings is 3. The molecule has 13 nitrogen and oxygen atoms in total. The molecule has 0 saturated carbocycles. The molecule has 3 aromatic carbocycles. The number of phenols is 1. The van der Waals surface area contributed by atoms with Crippen LogP contribution in [0.15, 0.2) is 24.3 Å². The first-order valence-corrected chi connectivity index (χ1v) is 14.1. The normalized spacial score (nSPS) is 18.0. The topological polar surface area (TPSA) is 141 Å². The van der Waals surface area contributed by atoms with Crippen molar-refractivity contribution in [3.8, 4) is 46.0 Å². The van der Waals surface area contributed by atoms with Crippen molar-refractivity contribution in [2.45, 2.75) is 25.2 Å². The van der Waals surface area contributed by atoms with E-state index in [2.05, 4.69) is 4.90 Å². The van der Waals surface area contributed by atoms with Crippen LogP contribution < -0.4 is 33.2 Å². The van der Waals surface area contributed by atoms with Crippen molar-refractivity contribution in [1.29, 1.82) is 0 Å². The van der Waals surface area contributed by atoms with Crippen molar-refractivity contribution in [3.05, 3.63) is 57.6 Å². The van der Waals surface area contributed by atoms with Crippen LogP contribution in [0.3, 0.4) is 0 Å². The zero-order valence-corrected chi connectivity index (χ0v) is 25.7. The number of rotatable bonds is 9. The van der Waals surface area contributed by atoms with E-state index in [4.69, 9.17) is 42.6 Å². The van der Waals surface area contributed by atoms with Crippen LogP contribution in [0.2, 0.25) is 0 Å². The third-order valence-electron chi connectivity index (χ3n) is 8.39. The minimum atomic E-state index is -0.724. The number of hydrogen-bond donors (Lipinski definition) is 1. The fourth-order valence-corrected chi connectivity index (χ4v) is 6.31.